The van der Waals surface area contributed by atoms with Crippen molar-refractivity contribution in [2.24, 2.45) is 10.9 Å². The van der Waals surface area contributed by atoms with Crippen LogP contribution in [0.15, 0.2) is 29.3 Å². The fourth-order valence-electron chi connectivity index (χ4n) is 3.02. The largest absolute Gasteiger partial charge is 0.356 e. The van der Waals surface area contributed by atoms with Gasteiger partial charge in [-0.25, -0.2) is 4.39 Å². The first-order chi connectivity index (χ1) is 11.1. The average molecular weight is 320 g/mol. The van der Waals surface area contributed by atoms with Crippen molar-refractivity contribution >= 4 is 5.96 Å². The highest BCUT2D eigenvalue weighted by Gasteiger charge is 2.21. The molecule has 0 bridgehead atoms. The zero-order valence-corrected chi connectivity index (χ0v) is 14.5. The lowest BCUT2D eigenvalue weighted by Gasteiger charge is -2.35. The van der Waals surface area contributed by atoms with E-state index in [-0.39, 0.29) is 5.82 Å². The Morgan fingerprint density at radius 3 is 2.83 bits per heavy atom. The monoisotopic (exact) mass is 320 g/mol. The molecule has 1 aromatic rings. The van der Waals surface area contributed by atoms with Crippen molar-refractivity contribution in [3.63, 3.8) is 0 Å². The van der Waals surface area contributed by atoms with Gasteiger partial charge in [-0.1, -0.05) is 18.2 Å². The first-order valence-corrected chi connectivity index (χ1v) is 8.52. The topological polar surface area (TPSA) is 39.7 Å². The fraction of sp³-hybridized carbons (Fsp3) is 0.611. The molecular weight excluding hydrogens is 291 g/mol. The molecule has 1 aliphatic heterocycles. The Bertz CT molecular complexity index is 515. The Labute approximate surface area is 139 Å². The molecule has 0 amide bonds. The van der Waals surface area contributed by atoms with E-state index < -0.39 is 0 Å². The molecule has 2 N–H and O–H groups in total. The summed E-state index contributed by atoms with van der Waals surface area (Å²) in [6.07, 6.45) is 2.51. The maximum atomic E-state index is 13.6. The van der Waals surface area contributed by atoms with Gasteiger partial charge < -0.3 is 15.5 Å². The third kappa shape index (κ3) is 5.50. The van der Waals surface area contributed by atoms with Gasteiger partial charge >= 0.3 is 0 Å². The molecule has 0 aromatic heterocycles. The number of hydrogen-bond donors (Lipinski definition) is 2. The van der Waals surface area contributed by atoms with E-state index in [9.17, 15) is 4.39 Å². The summed E-state index contributed by atoms with van der Waals surface area (Å²) in [7, 11) is 1.75. The lowest BCUT2D eigenvalue weighted by Crippen LogP contribution is -2.46. The summed E-state index contributed by atoms with van der Waals surface area (Å²) in [5.74, 6) is 1.18. The van der Waals surface area contributed by atoms with Crippen LogP contribution in [0.25, 0.3) is 0 Å². The first-order valence-electron chi connectivity index (χ1n) is 8.52. The minimum absolute atomic E-state index is 0.185. The molecule has 1 aromatic carbocycles. The van der Waals surface area contributed by atoms with Gasteiger partial charge in [-0.2, -0.15) is 0 Å². The van der Waals surface area contributed by atoms with Crippen LogP contribution >= 0.6 is 0 Å². The number of nitrogens with one attached hydrogen (secondary N) is 2. The van der Waals surface area contributed by atoms with Crippen LogP contribution in [0.1, 0.15) is 32.3 Å². The van der Waals surface area contributed by atoms with E-state index in [0.717, 1.165) is 19.0 Å². The highest BCUT2D eigenvalue weighted by molar-refractivity contribution is 5.79. The maximum Gasteiger partial charge on any atom is 0.191 e. The minimum atomic E-state index is -0.185. The molecule has 1 atom stereocenters. The number of piperidine rings is 1. The highest BCUT2D eigenvalue weighted by Crippen LogP contribution is 2.17. The van der Waals surface area contributed by atoms with Gasteiger partial charge in [-0.3, -0.25) is 4.99 Å². The number of aliphatic imine (C=N–C) groups is 1. The van der Waals surface area contributed by atoms with Crippen molar-refractivity contribution in [3.05, 3.63) is 35.6 Å². The van der Waals surface area contributed by atoms with Crippen molar-refractivity contribution < 1.29 is 4.39 Å². The van der Waals surface area contributed by atoms with Crippen LogP contribution in [0.2, 0.25) is 0 Å². The molecule has 0 spiro atoms. The van der Waals surface area contributed by atoms with E-state index in [1.165, 1.54) is 25.5 Å². The maximum absolute atomic E-state index is 13.6. The summed E-state index contributed by atoms with van der Waals surface area (Å²) in [6.45, 7) is 8.19. The van der Waals surface area contributed by atoms with Crippen LogP contribution in [0.5, 0.6) is 0 Å². The molecule has 4 nitrogen and oxygen atoms in total. The standard InChI is InChI=1S/C18H29FN4/c1-14(2)23-10-6-7-15(13-23)11-21-18(20-3)22-12-16-8-4-5-9-17(16)19/h4-5,8-9,14-15H,6-7,10-13H2,1-3H3,(H2,20,21,22). The molecule has 1 saturated heterocycles. The molecule has 23 heavy (non-hydrogen) atoms. The summed E-state index contributed by atoms with van der Waals surface area (Å²) >= 11 is 0. The van der Waals surface area contributed by atoms with Gasteiger partial charge in [0.2, 0.25) is 0 Å². The zero-order chi connectivity index (χ0) is 16.7. The Hall–Kier alpha value is -1.62. The van der Waals surface area contributed by atoms with Crippen molar-refractivity contribution in [2.75, 3.05) is 26.7 Å². The molecule has 0 saturated carbocycles. The quantitative estimate of drug-likeness (QED) is 0.647. The van der Waals surface area contributed by atoms with Gasteiger partial charge in [-0.15, -0.1) is 0 Å². The molecule has 0 radical (unpaired) electrons. The van der Waals surface area contributed by atoms with E-state index in [1.807, 2.05) is 6.07 Å². The number of halogens is 1. The Morgan fingerprint density at radius 1 is 1.35 bits per heavy atom. The normalized spacial score (nSPS) is 19.9. The predicted molar refractivity (Wildman–Crippen MR) is 94.0 cm³/mol. The Balaban J connectivity index is 1.78. The van der Waals surface area contributed by atoms with Gasteiger partial charge in [0, 0.05) is 38.3 Å². The number of hydrogen-bond acceptors (Lipinski definition) is 2. The molecule has 1 unspecified atom stereocenters. The van der Waals surface area contributed by atoms with Crippen molar-refractivity contribution in [1.82, 2.24) is 15.5 Å². The van der Waals surface area contributed by atoms with Crippen LogP contribution in [0.3, 0.4) is 0 Å². The number of likely N-dealkylation sites (tertiary alicyclic amines) is 1. The third-order valence-corrected chi connectivity index (χ3v) is 4.47. The van der Waals surface area contributed by atoms with Crippen LogP contribution in [0.4, 0.5) is 4.39 Å². The molecule has 2 rings (SSSR count). The SMILES string of the molecule is CN=C(NCc1ccccc1F)NCC1CCCN(C(C)C)C1. The molecule has 128 valence electrons. The summed E-state index contributed by atoms with van der Waals surface area (Å²) in [4.78, 5) is 6.76. The number of benzene rings is 1. The van der Waals surface area contributed by atoms with Gasteiger partial charge in [0.25, 0.3) is 0 Å². The van der Waals surface area contributed by atoms with Crippen molar-refractivity contribution in [1.29, 1.82) is 0 Å². The van der Waals surface area contributed by atoms with E-state index in [0.29, 0.717) is 24.1 Å². The zero-order valence-electron chi connectivity index (χ0n) is 14.5. The van der Waals surface area contributed by atoms with Crippen molar-refractivity contribution in [3.8, 4) is 0 Å². The molecular formula is C18H29FN4. The van der Waals surface area contributed by atoms with Crippen molar-refractivity contribution in [2.45, 2.75) is 39.3 Å². The lowest BCUT2D eigenvalue weighted by atomic mass is 9.97. The van der Waals surface area contributed by atoms with Crippen LogP contribution in [0, 0.1) is 11.7 Å². The van der Waals surface area contributed by atoms with Gasteiger partial charge in [0.15, 0.2) is 5.96 Å². The second-order valence-electron chi connectivity index (χ2n) is 6.50. The molecule has 5 heteroatoms. The first kappa shape index (κ1) is 17.7. The molecule has 1 heterocycles. The minimum Gasteiger partial charge on any atom is -0.356 e. The van der Waals surface area contributed by atoms with Gasteiger partial charge in [0.1, 0.15) is 5.82 Å². The highest BCUT2D eigenvalue weighted by atomic mass is 19.1. The number of rotatable bonds is 5. The van der Waals surface area contributed by atoms with Crippen LogP contribution in [-0.2, 0) is 6.54 Å². The number of nitrogens with zero attached hydrogens (tertiary/aromatic N) is 2. The summed E-state index contributed by atoms with van der Waals surface area (Å²) in [5, 5.41) is 6.56. The Kier molecular flexibility index (Phi) is 6.84. The van der Waals surface area contributed by atoms with Crippen LogP contribution in [-0.4, -0.2) is 43.6 Å². The predicted octanol–water partition coefficient (Wildman–Crippen LogP) is 2.61. The smallest absolute Gasteiger partial charge is 0.191 e. The Morgan fingerprint density at radius 2 is 2.13 bits per heavy atom. The van der Waals surface area contributed by atoms with E-state index >= 15 is 0 Å². The molecule has 0 aliphatic carbocycles. The van der Waals surface area contributed by atoms with Gasteiger partial charge in [-0.05, 0) is 45.2 Å². The lowest BCUT2D eigenvalue weighted by molar-refractivity contribution is 0.141. The fourth-order valence-corrected chi connectivity index (χ4v) is 3.02. The number of guanidine groups is 1. The van der Waals surface area contributed by atoms with Crippen LogP contribution < -0.4 is 10.6 Å². The summed E-state index contributed by atoms with van der Waals surface area (Å²) in [5.41, 5.74) is 0.652. The average Bonchev–Trinajstić information content (AvgIpc) is 2.56. The summed E-state index contributed by atoms with van der Waals surface area (Å²) < 4.78 is 13.6. The van der Waals surface area contributed by atoms with E-state index in [4.69, 9.17) is 0 Å². The molecule has 1 fully saturated rings. The second-order valence-corrected chi connectivity index (χ2v) is 6.50. The van der Waals surface area contributed by atoms with E-state index in [2.05, 4.69) is 34.4 Å². The third-order valence-electron chi connectivity index (χ3n) is 4.47. The molecule has 1 aliphatic rings. The second kappa shape index (κ2) is 8.87. The van der Waals surface area contributed by atoms with E-state index in [1.54, 1.807) is 19.2 Å². The van der Waals surface area contributed by atoms with Gasteiger partial charge in [0.05, 0.1) is 0 Å². The summed E-state index contributed by atoms with van der Waals surface area (Å²) in [6, 6.07) is 7.43.